The Morgan fingerprint density at radius 2 is 1.50 bits per heavy atom. The van der Waals surface area contributed by atoms with Gasteiger partial charge in [-0.05, 0) is 29.3 Å². The van der Waals surface area contributed by atoms with Crippen LogP contribution in [0.5, 0.6) is 0 Å². The molecule has 0 saturated carbocycles. The van der Waals surface area contributed by atoms with Crippen LogP contribution in [-0.2, 0) is 25.6 Å². The molecule has 172 valence electrons. The van der Waals surface area contributed by atoms with E-state index in [0.29, 0.717) is 20.6 Å². The number of fused-ring (bicyclic) bond motifs is 1. The maximum absolute atomic E-state index is 13.6. The monoisotopic (exact) mass is 474 g/mol. The van der Waals surface area contributed by atoms with E-state index in [1.165, 1.54) is 25.6 Å². The van der Waals surface area contributed by atoms with Gasteiger partial charge in [0.1, 0.15) is 6.54 Å². The summed E-state index contributed by atoms with van der Waals surface area (Å²) in [5, 5.41) is 0. The Morgan fingerprint density at radius 1 is 0.882 bits per heavy atom. The molecular formula is C26H22N2O5S. The van der Waals surface area contributed by atoms with Crippen molar-refractivity contribution in [2.24, 2.45) is 4.99 Å². The summed E-state index contributed by atoms with van der Waals surface area (Å²) in [6.45, 7) is -0.123. The number of amides is 1. The second-order valence-electron chi connectivity index (χ2n) is 7.43. The van der Waals surface area contributed by atoms with Crippen molar-refractivity contribution in [2.45, 2.75) is 12.5 Å². The Kier molecular flexibility index (Phi) is 6.98. The maximum atomic E-state index is 13.6. The number of hydrogen-bond acceptors (Lipinski definition) is 6. The molecule has 0 unspecified atom stereocenters. The SMILES string of the molecule is COC(=O)Cn1c(=NC(=O)C(c2ccccc2)c2ccccc2)sc2cc(C(=O)OC)ccc21. The minimum atomic E-state index is -0.607. The van der Waals surface area contributed by atoms with Crippen molar-refractivity contribution >= 4 is 39.4 Å². The van der Waals surface area contributed by atoms with Crippen LogP contribution in [0.3, 0.4) is 0 Å². The Morgan fingerprint density at radius 3 is 2.06 bits per heavy atom. The van der Waals surface area contributed by atoms with Crippen molar-refractivity contribution < 1.29 is 23.9 Å². The first-order valence-corrected chi connectivity index (χ1v) is 11.3. The van der Waals surface area contributed by atoms with Gasteiger partial charge >= 0.3 is 11.9 Å². The van der Waals surface area contributed by atoms with E-state index in [4.69, 9.17) is 9.47 Å². The lowest BCUT2D eigenvalue weighted by Crippen LogP contribution is -2.24. The van der Waals surface area contributed by atoms with Gasteiger partial charge in [-0.1, -0.05) is 72.0 Å². The molecule has 34 heavy (non-hydrogen) atoms. The predicted octanol–water partition coefficient (Wildman–Crippen LogP) is 3.92. The Balaban J connectivity index is 1.87. The summed E-state index contributed by atoms with van der Waals surface area (Å²) < 4.78 is 12.0. The van der Waals surface area contributed by atoms with E-state index in [1.54, 1.807) is 22.8 Å². The molecule has 0 N–H and O–H groups in total. The molecule has 1 aromatic heterocycles. The zero-order chi connectivity index (χ0) is 24.1. The molecule has 1 heterocycles. The van der Waals surface area contributed by atoms with Crippen LogP contribution in [0.1, 0.15) is 27.4 Å². The second kappa shape index (κ2) is 10.3. The molecule has 0 aliphatic heterocycles. The van der Waals surface area contributed by atoms with Crippen molar-refractivity contribution in [3.05, 3.63) is 100 Å². The summed E-state index contributed by atoms with van der Waals surface area (Å²) in [7, 11) is 2.61. The number of benzene rings is 3. The van der Waals surface area contributed by atoms with Crippen molar-refractivity contribution in [3.63, 3.8) is 0 Å². The maximum Gasteiger partial charge on any atom is 0.337 e. The van der Waals surface area contributed by atoms with Gasteiger partial charge in [0, 0.05) is 0 Å². The third kappa shape index (κ3) is 4.82. The molecule has 0 aliphatic rings. The van der Waals surface area contributed by atoms with Crippen LogP contribution >= 0.6 is 11.3 Å². The number of aromatic nitrogens is 1. The third-order valence-electron chi connectivity index (χ3n) is 5.34. The highest BCUT2D eigenvalue weighted by Crippen LogP contribution is 2.26. The van der Waals surface area contributed by atoms with Crippen molar-refractivity contribution in [1.29, 1.82) is 0 Å². The van der Waals surface area contributed by atoms with E-state index in [1.807, 2.05) is 60.7 Å². The first-order valence-electron chi connectivity index (χ1n) is 10.5. The lowest BCUT2D eigenvalue weighted by molar-refractivity contribution is -0.141. The van der Waals surface area contributed by atoms with E-state index < -0.39 is 17.9 Å². The van der Waals surface area contributed by atoms with Crippen molar-refractivity contribution in [2.75, 3.05) is 14.2 Å². The van der Waals surface area contributed by atoms with Gasteiger partial charge in [0.25, 0.3) is 5.91 Å². The highest BCUT2D eigenvalue weighted by Gasteiger charge is 2.23. The van der Waals surface area contributed by atoms with Crippen molar-refractivity contribution in [1.82, 2.24) is 4.57 Å². The second-order valence-corrected chi connectivity index (χ2v) is 8.43. The largest absolute Gasteiger partial charge is 0.468 e. The Labute approximate surface area is 199 Å². The van der Waals surface area contributed by atoms with Crippen molar-refractivity contribution in [3.8, 4) is 0 Å². The van der Waals surface area contributed by atoms with Gasteiger partial charge in [0.15, 0.2) is 4.80 Å². The molecule has 4 aromatic rings. The molecule has 0 spiro atoms. The molecule has 0 aliphatic carbocycles. The standard InChI is InChI=1S/C26H22N2O5S/c1-32-22(29)16-28-20-14-13-19(25(31)33-2)15-21(20)34-26(28)27-24(30)23(17-9-5-3-6-10-17)18-11-7-4-8-12-18/h3-15,23H,16H2,1-2H3. The Bertz CT molecular complexity index is 1370. The van der Waals surface area contributed by atoms with Gasteiger partial charge in [-0.2, -0.15) is 4.99 Å². The molecule has 1 amide bonds. The zero-order valence-corrected chi connectivity index (χ0v) is 19.5. The van der Waals surface area contributed by atoms with Crippen LogP contribution in [-0.4, -0.2) is 36.6 Å². The van der Waals surface area contributed by atoms with E-state index >= 15 is 0 Å². The first kappa shape index (κ1) is 23.1. The van der Waals surface area contributed by atoms with Gasteiger partial charge in [-0.25, -0.2) is 4.79 Å². The van der Waals surface area contributed by atoms with Crippen LogP contribution in [0.4, 0.5) is 0 Å². The highest BCUT2D eigenvalue weighted by molar-refractivity contribution is 7.16. The molecular weight excluding hydrogens is 452 g/mol. The van der Waals surface area contributed by atoms with Crippen LogP contribution in [0.25, 0.3) is 10.2 Å². The van der Waals surface area contributed by atoms with E-state index in [0.717, 1.165) is 11.1 Å². The minimum Gasteiger partial charge on any atom is -0.468 e. The zero-order valence-electron chi connectivity index (χ0n) is 18.6. The topological polar surface area (TPSA) is 87.0 Å². The summed E-state index contributed by atoms with van der Waals surface area (Å²) >= 11 is 1.21. The number of carbonyl (C=O) groups is 3. The number of rotatable bonds is 6. The lowest BCUT2D eigenvalue weighted by Gasteiger charge is -2.14. The predicted molar refractivity (Wildman–Crippen MR) is 128 cm³/mol. The third-order valence-corrected chi connectivity index (χ3v) is 6.38. The molecule has 0 fully saturated rings. The Hall–Kier alpha value is -4.04. The fraction of sp³-hybridized carbons (Fsp3) is 0.154. The minimum absolute atomic E-state index is 0.123. The lowest BCUT2D eigenvalue weighted by atomic mass is 9.91. The number of nitrogens with zero attached hydrogens (tertiary/aromatic N) is 2. The number of hydrogen-bond donors (Lipinski definition) is 0. The molecule has 3 aromatic carbocycles. The molecule has 0 saturated heterocycles. The molecule has 7 nitrogen and oxygen atoms in total. The van der Waals surface area contributed by atoms with Gasteiger partial charge in [0.2, 0.25) is 0 Å². The van der Waals surface area contributed by atoms with Gasteiger partial charge in [-0.3, -0.25) is 9.59 Å². The molecule has 4 rings (SSSR count). The highest BCUT2D eigenvalue weighted by atomic mass is 32.1. The molecule has 8 heteroatoms. The van der Waals surface area contributed by atoms with Crippen LogP contribution in [0.2, 0.25) is 0 Å². The number of methoxy groups -OCH3 is 2. The summed E-state index contributed by atoms with van der Waals surface area (Å²) in [5.41, 5.74) is 2.66. The number of esters is 2. The number of carbonyl (C=O) groups excluding carboxylic acids is 3. The van der Waals surface area contributed by atoms with E-state index in [9.17, 15) is 14.4 Å². The smallest absolute Gasteiger partial charge is 0.337 e. The van der Waals surface area contributed by atoms with Gasteiger partial charge in [0.05, 0.1) is 35.9 Å². The number of ether oxygens (including phenoxy) is 2. The first-order chi connectivity index (χ1) is 16.5. The van der Waals surface area contributed by atoms with Crippen LogP contribution in [0, 0.1) is 0 Å². The van der Waals surface area contributed by atoms with Crippen LogP contribution < -0.4 is 4.80 Å². The fourth-order valence-corrected chi connectivity index (χ4v) is 4.75. The van der Waals surface area contributed by atoms with E-state index in [-0.39, 0.29) is 12.5 Å². The average molecular weight is 475 g/mol. The molecule has 0 bridgehead atoms. The summed E-state index contributed by atoms with van der Waals surface area (Å²) in [6, 6.07) is 23.8. The molecule has 0 radical (unpaired) electrons. The summed E-state index contributed by atoms with van der Waals surface area (Å²) in [5.74, 6) is -1.92. The van der Waals surface area contributed by atoms with Gasteiger partial charge < -0.3 is 14.0 Å². The van der Waals surface area contributed by atoms with Crippen LogP contribution in [0.15, 0.2) is 83.9 Å². The van der Waals surface area contributed by atoms with E-state index in [2.05, 4.69) is 4.99 Å². The van der Waals surface area contributed by atoms with Gasteiger partial charge in [-0.15, -0.1) is 0 Å². The number of thiazole rings is 1. The fourth-order valence-electron chi connectivity index (χ4n) is 3.68. The quantitative estimate of drug-likeness (QED) is 0.395. The normalized spacial score (nSPS) is 11.6. The molecule has 0 atom stereocenters. The summed E-state index contributed by atoms with van der Waals surface area (Å²) in [6.07, 6.45) is 0. The summed E-state index contributed by atoms with van der Waals surface area (Å²) in [4.78, 5) is 42.4. The average Bonchev–Trinajstić information content (AvgIpc) is 3.20.